The summed E-state index contributed by atoms with van der Waals surface area (Å²) in [6, 6.07) is 18.4. The molecule has 2 saturated carbocycles. The fourth-order valence-electron chi connectivity index (χ4n) is 4.52. The fourth-order valence-corrected chi connectivity index (χ4v) is 6.12. The van der Waals surface area contributed by atoms with Crippen LogP contribution in [0.3, 0.4) is 0 Å². The highest BCUT2D eigenvalue weighted by molar-refractivity contribution is 7.90. The molecule has 0 spiro atoms. The van der Waals surface area contributed by atoms with Crippen molar-refractivity contribution in [2.75, 3.05) is 0 Å². The second kappa shape index (κ2) is 25.9. The first kappa shape index (κ1) is 52.8. The second-order valence-corrected chi connectivity index (χ2v) is 14.1. The summed E-state index contributed by atoms with van der Waals surface area (Å²) in [6.45, 7) is 11.4. The number of nitrogens with one attached hydrogen (secondary N) is 1. The minimum absolute atomic E-state index is 0. The zero-order chi connectivity index (χ0) is 31.4. The van der Waals surface area contributed by atoms with Gasteiger partial charge in [0.15, 0.2) is 0 Å². The zero-order valence-corrected chi connectivity index (χ0v) is 27.4. The molecule has 0 amide bonds. The van der Waals surface area contributed by atoms with E-state index >= 15 is 0 Å². The van der Waals surface area contributed by atoms with Gasteiger partial charge in [0.05, 0.1) is 28.3 Å². The van der Waals surface area contributed by atoms with Gasteiger partial charge in [-0.25, -0.2) is 23.1 Å². The molecule has 0 saturated heterocycles. The van der Waals surface area contributed by atoms with Crippen LogP contribution >= 0.6 is 0 Å². The Kier molecular flexibility index (Phi) is 27.9. The van der Waals surface area contributed by atoms with Crippen molar-refractivity contribution in [1.29, 1.82) is 0 Å². The van der Waals surface area contributed by atoms with Crippen molar-refractivity contribution in [3.05, 3.63) is 65.9 Å². The van der Waals surface area contributed by atoms with Crippen molar-refractivity contribution in [1.82, 2.24) is 14.7 Å². The number of fused-ring (bicyclic) bond motifs is 1. The Morgan fingerprint density at radius 2 is 1.27 bits per heavy atom. The van der Waals surface area contributed by atoms with E-state index in [1.165, 1.54) is 18.4 Å². The number of aryl methyl sites for hydroxylation is 2. The zero-order valence-electron chi connectivity index (χ0n) is 26.6. The molecule has 2 aromatic carbocycles. The van der Waals surface area contributed by atoms with Crippen LogP contribution in [0.4, 0.5) is 0 Å². The van der Waals surface area contributed by atoms with Crippen molar-refractivity contribution in [2.24, 2.45) is 5.92 Å². The molecule has 1 heterocycles. The molecule has 1 N–H and O–H groups in total. The van der Waals surface area contributed by atoms with E-state index in [9.17, 15) is 13.2 Å². The van der Waals surface area contributed by atoms with Crippen LogP contribution in [0.15, 0.2) is 54.6 Å². The number of ether oxygens (including phenoxy) is 2. The molecule has 5 rings (SSSR count). The highest BCUT2D eigenvalue weighted by atomic mass is 32.2. The summed E-state index contributed by atoms with van der Waals surface area (Å²) >= 11 is 0. The van der Waals surface area contributed by atoms with Crippen molar-refractivity contribution in [3.63, 3.8) is 0 Å². The third-order valence-electron chi connectivity index (χ3n) is 6.87. The molecule has 49 heavy (non-hydrogen) atoms. The largest absolute Gasteiger partial charge is 0.474 e. The van der Waals surface area contributed by atoms with Gasteiger partial charge in [0, 0.05) is 6.04 Å². The van der Waals surface area contributed by atoms with E-state index in [1.807, 2.05) is 71.9 Å². The Morgan fingerprint density at radius 3 is 1.73 bits per heavy atom. The molecule has 8 nitrogen and oxygen atoms in total. The van der Waals surface area contributed by atoms with E-state index in [4.69, 9.17) is 14.5 Å². The van der Waals surface area contributed by atoms with Crippen LogP contribution in [0.25, 0.3) is 11.0 Å². The summed E-state index contributed by atoms with van der Waals surface area (Å²) in [6.07, 6.45) is 8.31. The van der Waals surface area contributed by atoms with E-state index in [-0.39, 0.29) is 79.9 Å². The van der Waals surface area contributed by atoms with E-state index in [0.29, 0.717) is 5.88 Å². The van der Waals surface area contributed by atoms with Crippen molar-refractivity contribution >= 4 is 27.0 Å². The Labute approximate surface area is 302 Å². The van der Waals surface area contributed by atoms with Gasteiger partial charge in [-0.15, -0.1) is 0 Å². The van der Waals surface area contributed by atoms with E-state index in [1.54, 1.807) is 0 Å². The molecule has 9 heteroatoms. The number of para-hydroxylation sites is 2. The lowest BCUT2D eigenvalue weighted by molar-refractivity contribution is -0.152. The first-order valence-electron chi connectivity index (χ1n) is 15.6. The molecular weight excluding hydrogens is 635 g/mol. The van der Waals surface area contributed by atoms with Gasteiger partial charge in [-0.3, -0.25) is 4.79 Å². The molecule has 3 aromatic rings. The van der Waals surface area contributed by atoms with Gasteiger partial charge in [0.2, 0.25) is 15.9 Å². The van der Waals surface area contributed by atoms with Gasteiger partial charge in [-0.2, -0.15) is 0 Å². The molecule has 1 aromatic heterocycles. The SMILES string of the molecule is C.C.C.C.C.C.CC(C)C(=O)OC1CCCC1.CC(C)NS(=O)(=O)C1CC1.CC(C)Oc1nc2ccccc2nc1CCc1ccccc1. The molecule has 2 fully saturated rings. The van der Waals surface area contributed by atoms with Crippen LogP contribution in [0.1, 0.15) is 136 Å². The highest BCUT2D eigenvalue weighted by Crippen LogP contribution is 2.27. The molecule has 0 aliphatic heterocycles. The fraction of sp³-hybridized carbons (Fsp3) is 0.625. The Bertz CT molecular complexity index is 1390. The van der Waals surface area contributed by atoms with Gasteiger partial charge >= 0.3 is 5.97 Å². The number of rotatable bonds is 10. The number of sulfonamides is 1. The van der Waals surface area contributed by atoms with Crippen LogP contribution in [-0.4, -0.2) is 47.9 Å². The molecule has 284 valence electrons. The quantitative estimate of drug-likeness (QED) is 0.209. The van der Waals surface area contributed by atoms with Crippen LogP contribution < -0.4 is 9.46 Å². The number of nitrogens with zero attached hydrogens (tertiary/aromatic N) is 2. The topological polar surface area (TPSA) is 107 Å². The predicted molar refractivity (Wildman–Crippen MR) is 213 cm³/mol. The number of benzene rings is 2. The van der Waals surface area contributed by atoms with E-state index < -0.39 is 10.0 Å². The van der Waals surface area contributed by atoms with Crippen LogP contribution in [-0.2, 0) is 32.4 Å². The van der Waals surface area contributed by atoms with Gasteiger partial charge in [-0.05, 0) is 96.8 Å². The smallest absolute Gasteiger partial charge is 0.308 e. The van der Waals surface area contributed by atoms with Gasteiger partial charge in [0.1, 0.15) is 11.8 Å². The van der Waals surface area contributed by atoms with Crippen LogP contribution in [0, 0.1) is 5.92 Å². The Hall–Kier alpha value is -3.04. The Morgan fingerprint density at radius 1 is 0.755 bits per heavy atom. The first-order valence-corrected chi connectivity index (χ1v) is 17.2. The maximum atomic E-state index is 11.1. The normalized spacial score (nSPS) is 13.3. The van der Waals surface area contributed by atoms with Crippen molar-refractivity contribution in [3.8, 4) is 5.88 Å². The van der Waals surface area contributed by atoms with Gasteiger partial charge < -0.3 is 9.47 Å². The molecule has 0 unspecified atom stereocenters. The standard InChI is InChI=1S/C19H20N2O.C9H16O2.C6H13NO2S.6CH4/c1-14(2)22-19-18(13-12-15-8-4-3-5-9-15)20-16-10-6-7-11-17(16)21-19;1-7(2)9(10)11-8-5-3-4-6-8;1-5(2)7-10(8,9)6-3-4-6;;;;;;/h3-11,14H,12-13H2,1-2H3;7-8H,3-6H2,1-2H3;5-7H,3-4H2,1-2H3;6*1H4. The van der Waals surface area contributed by atoms with E-state index in [0.717, 1.165) is 55.3 Å². The van der Waals surface area contributed by atoms with Gasteiger partial charge in [-0.1, -0.05) is 101 Å². The van der Waals surface area contributed by atoms with Crippen LogP contribution in [0.5, 0.6) is 5.88 Å². The van der Waals surface area contributed by atoms with Crippen molar-refractivity contribution in [2.45, 2.75) is 161 Å². The number of esters is 1. The number of hydrogen-bond acceptors (Lipinski definition) is 7. The minimum atomic E-state index is -2.94. The predicted octanol–water partition coefficient (Wildman–Crippen LogP) is 10.6. The number of carbonyl (C=O) groups is 1. The summed E-state index contributed by atoms with van der Waals surface area (Å²) in [5.74, 6) is 0.636. The molecule has 2 aliphatic carbocycles. The molecule has 2 aliphatic rings. The molecule has 0 bridgehead atoms. The average Bonchev–Trinajstić information content (AvgIpc) is 3.71. The highest BCUT2D eigenvalue weighted by Gasteiger charge is 2.35. The average molecular weight is 708 g/mol. The van der Waals surface area contributed by atoms with Gasteiger partial charge in [0.25, 0.3) is 0 Å². The third-order valence-corrected chi connectivity index (χ3v) is 9.02. The summed E-state index contributed by atoms with van der Waals surface area (Å²) in [7, 11) is -2.94. The number of carbonyl (C=O) groups excluding carboxylic acids is 1. The maximum absolute atomic E-state index is 11.1. The molecule has 0 radical (unpaired) electrons. The van der Waals surface area contributed by atoms with Crippen molar-refractivity contribution < 1.29 is 22.7 Å². The lowest BCUT2D eigenvalue weighted by atomic mass is 10.1. The maximum Gasteiger partial charge on any atom is 0.308 e. The van der Waals surface area contributed by atoms with Crippen LogP contribution in [0.2, 0.25) is 0 Å². The number of hydrogen-bond donors (Lipinski definition) is 1. The molecule has 0 atom stereocenters. The second-order valence-electron chi connectivity index (χ2n) is 12.1. The molecular formula is C40H73N3O5S. The lowest BCUT2D eigenvalue weighted by Gasteiger charge is -2.13. The summed E-state index contributed by atoms with van der Waals surface area (Å²) in [5.41, 5.74) is 4.02. The minimum Gasteiger partial charge on any atom is -0.474 e. The summed E-state index contributed by atoms with van der Waals surface area (Å²) in [5, 5.41) is -0.0881. The Balaban J connectivity index is -0.000000323. The summed E-state index contributed by atoms with van der Waals surface area (Å²) in [4.78, 5) is 20.5. The summed E-state index contributed by atoms with van der Waals surface area (Å²) < 4.78 is 35.8. The first-order chi connectivity index (χ1) is 20.4. The number of aromatic nitrogens is 2. The third kappa shape index (κ3) is 19.1. The lowest BCUT2D eigenvalue weighted by Crippen LogP contribution is -2.32. The van der Waals surface area contributed by atoms with E-state index in [2.05, 4.69) is 34.0 Å². The monoisotopic (exact) mass is 708 g/mol.